The van der Waals surface area contributed by atoms with Crippen LogP contribution in [0.15, 0.2) is 150 Å². The SMILES string of the molecule is c1ccc(-c2nc(-c3ccccc3)nc(-c3ccc(-c4cncc5oc6cc7ccccc7cc6c45)c4ccccc34)n2)cc1. The second-order valence-corrected chi connectivity index (χ2v) is 11.1. The topological polar surface area (TPSA) is 64.7 Å². The van der Waals surface area contributed by atoms with E-state index >= 15 is 0 Å². The standard InChI is InChI=1S/C40H24N4O/c1-3-11-25(12-4-1)38-42-39(26-13-5-2-6-14-26)44-40(43-38)32-20-19-31(29-17-9-10-18-30(29)32)34-23-41-24-36-37(34)33-21-27-15-7-8-16-28(27)22-35(33)45-36/h1-24H. The van der Waals surface area contributed by atoms with Crippen molar-refractivity contribution in [2.24, 2.45) is 0 Å². The van der Waals surface area contributed by atoms with E-state index in [-0.39, 0.29) is 0 Å². The third-order valence-electron chi connectivity index (χ3n) is 8.40. The molecule has 45 heavy (non-hydrogen) atoms. The summed E-state index contributed by atoms with van der Waals surface area (Å²) < 4.78 is 6.35. The average Bonchev–Trinajstić information content (AvgIpc) is 3.48. The van der Waals surface area contributed by atoms with E-state index < -0.39 is 0 Å². The molecule has 5 nitrogen and oxygen atoms in total. The highest BCUT2D eigenvalue weighted by molar-refractivity contribution is 6.18. The Morgan fingerprint density at radius 2 is 0.956 bits per heavy atom. The van der Waals surface area contributed by atoms with Gasteiger partial charge in [0, 0.05) is 39.2 Å². The van der Waals surface area contributed by atoms with E-state index in [1.807, 2.05) is 66.9 Å². The zero-order valence-corrected chi connectivity index (χ0v) is 24.1. The minimum atomic E-state index is 0.627. The first-order valence-corrected chi connectivity index (χ1v) is 14.9. The Bertz CT molecular complexity index is 2480. The number of hydrogen-bond donors (Lipinski definition) is 0. The van der Waals surface area contributed by atoms with Crippen LogP contribution < -0.4 is 0 Å². The maximum absolute atomic E-state index is 6.35. The van der Waals surface area contributed by atoms with Gasteiger partial charge in [-0.1, -0.05) is 115 Å². The van der Waals surface area contributed by atoms with Crippen molar-refractivity contribution in [1.29, 1.82) is 0 Å². The van der Waals surface area contributed by atoms with Crippen molar-refractivity contribution < 1.29 is 4.42 Å². The summed E-state index contributed by atoms with van der Waals surface area (Å²) in [6.07, 6.45) is 3.75. The number of pyridine rings is 1. The first-order valence-electron chi connectivity index (χ1n) is 14.9. The van der Waals surface area contributed by atoms with Gasteiger partial charge >= 0.3 is 0 Å². The van der Waals surface area contributed by atoms with Gasteiger partial charge < -0.3 is 4.42 Å². The number of fused-ring (bicyclic) bond motifs is 5. The van der Waals surface area contributed by atoms with Crippen molar-refractivity contribution in [3.63, 3.8) is 0 Å². The zero-order chi connectivity index (χ0) is 29.7. The highest BCUT2D eigenvalue weighted by Crippen LogP contribution is 2.41. The molecule has 3 heterocycles. The van der Waals surface area contributed by atoms with Gasteiger partial charge in [-0.15, -0.1) is 0 Å². The lowest BCUT2D eigenvalue weighted by molar-refractivity contribution is 0.667. The minimum absolute atomic E-state index is 0.627. The number of hydrogen-bond acceptors (Lipinski definition) is 5. The van der Waals surface area contributed by atoms with Crippen LogP contribution in [0.25, 0.3) is 88.8 Å². The summed E-state index contributed by atoms with van der Waals surface area (Å²) in [6, 6.07) is 45.5. The summed E-state index contributed by atoms with van der Waals surface area (Å²) in [4.78, 5) is 19.5. The Labute approximate surface area is 258 Å². The summed E-state index contributed by atoms with van der Waals surface area (Å²) in [5, 5.41) is 6.59. The predicted octanol–water partition coefficient (Wildman–Crippen LogP) is 10.1. The van der Waals surface area contributed by atoms with Gasteiger partial charge in [0.25, 0.3) is 0 Å². The van der Waals surface area contributed by atoms with Gasteiger partial charge in [0.15, 0.2) is 23.1 Å². The summed E-state index contributed by atoms with van der Waals surface area (Å²) in [6.45, 7) is 0. The van der Waals surface area contributed by atoms with E-state index in [0.29, 0.717) is 17.5 Å². The molecule has 0 N–H and O–H groups in total. The first-order chi connectivity index (χ1) is 22.3. The average molecular weight is 577 g/mol. The molecule has 0 saturated heterocycles. The van der Waals surface area contributed by atoms with Crippen molar-refractivity contribution >= 4 is 43.5 Å². The third-order valence-corrected chi connectivity index (χ3v) is 8.40. The first kappa shape index (κ1) is 25.3. The largest absolute Gasteiger partial charge is 0.454 e. The molecule has 0 unspecified atom stereocenters. The zero-order valence-electron chi connectivity index (χ0n) is 24.1. The van der Waals surface area contributed by atoms with Crippen LogP contribution in [0.4, 0.5) is 0 Å². The van der Waals surface area contributed by atoms with Crippen LogP contribution in [-0.4, -0.2) is 19.9 Å². The number of furan rings is 1. The number of rotatable bonds is 4. The van der Waals surface area contributed by atoms with Gasteiger partial charge in [0.05, 0.1) is 6.20 Å². The molecular formula is C40H24N4O. The number of benzene rings is 6. The van der Waals surface area contributed by atoms with Crippen molar-refractivity contribution in [2.75, 3.05) is 0 Å². The van der Waals surface area contributed by atoms with E-state index in [1.165, 1.54) is 5.39 Å². The van der Waals surface area contributed by atoms with Crippen LogP contribution in [-0.2, 0) is 0 Å². The molecule has 3 aromatic heterocycles. The Hall–Kier alpha value is -6.20. The molecule has 0 aliphatic carbocycles. The van der Waals surface area contributed by atoms with Gasteiger partial charge in [-0.25, -0.2) is 15.0 Å². The third kappa shape index (κ3) is 4.25. The Balaban J connectivity index is 1.28. The monoisotopic (exact) mass is 576 g/mol. The van der Waals surface area contributed by atoms with Crippen molar-refractivity contribution in [3.05, 3.63) is 146 Å². The van der Waals surface area contributed by atoms with Crippen LogP contribution in [0.3, 0.4) is 0 Å². The smallest absolute Gasteiger partial charge is 0.164 e. The number of nitrogens with zero attached hydrogens (tertiary/aromatic N) is 4. The molecule has 9 aromatic rings. The highest BCUT2D eigenvalue weighted by Gasteiger charge is 2.19. The normalized spacial score (nSPS) is 11.6. The maximum atomic E-state index is 6.35. The van der Waals surface area contributed by atoms with Crippen molar-refractivity contribution in [1.82, 2.24) is 19.9 Å². The Morgan fingerprint density at radius 1 is 0.400 bits per heavy atom. The summed E-state index contributed by atoms with van der Waals surface area (Å²) in [5.41, 5.74) is 6.54. The van der Waals surface area contributed by atoms with Crippen LogP contribution in [0, 0.1) is 0 Å². The summed E-state index contributed by atoms with van der Waals surface area (Å²) in [7, 11) is 0. The van der Waals surface area contributed by atoms with Gasteiger partial charge in [-0.2, -0.15) is 0 Å². The molecule has 0 bridgehead atoms. The lowest BCUT2D eigenvalue weighted by atomic mass is 9.93. The quantitative estimate of drug-likeness (QED) is 0.209. The second kappa shape index (κ2) is 10.2. The molecule has 0 aliphatic rings. The van der Waals surface area contributed by atoms with E-state index in [0.717, 1.165) is 65.9 Å². The molecule has 0 fully saturated rings. The second-order valence-electron chi connectivity index (χ2n) is 11.1. The van der Waals surface area contributed by atoms with Gasteiger partial charge in [0.1, 0.15) is 5.58 Å². The molecule has 0 aliphatic heterocycles. The lowest BCUT2D eigenvalue weighted by Crippen LogP contribution is -2.00. The summed E-state index contributed by atoms with van der Waals surface area (Å²) >= 11 is 0. The van der Waals surface area contributed by atoms with Gasteiger partial charge in [0.2, 0.25) is 0 Å². The molecule has 0 spiro atoms. The fourth-order valence-corrected chi connectivity index (χ4v) is 6.28. The van der Waals surface area contributed by atoms with Crippen LogP contribution in [0.2, 0.25) is 0 Å². The molecular weight excluding hydrogens is 552 g/mol. The van der Waals surface area contributed by atoms with Gasteiger partial charge in [-0.3, -0.25) is 4.98 Å². The highest BCUT2D eigenvalue weighted by atomic mass is 16.3. The van der Waals surface area contributed by atoms with Gasteiger partial charge in [-0.05, 0) is 45.3 Å². The van der Waals surface area contributed by atoms with Crippen LogP contribution in [0.5, 0.6) is 0 Å². The number of aromatic nitrogens is 4. The van der Waals surface area contributed by atoms with Crippen LogP contribution in [0.1, 0.15) is 0 Å². The fourth-order valence-electron chi connectivity index (χ4n) is 6.28. The molecule has 210 valence electrons. The van der Waals surface area contributed by atoms with Crippen molar-refractivity contribution in [3.8, 4) is 45.3 Å². The molecule has 0 saturated carbocycles. The molecule has 9 rings (SSSR count). The van der Waals surface area contributed by atoms with Crippen LogP contribution >= 0.6 is 0 Å². The van der Waals surface area contributed by atoms with E-state index in [4.69, 9.17) is 19.4 Å². The van der Waals surface area contributed by atoms with E-state index in [1.54, 1.807) is 6.20 Å². The lowest BCUT2D eigenvalue weighted by Gasteiger charge is -2.13. The predicted molar refractivity (Wildman–Crippen MR) is 182 cm³/mol. The molecule has 0 amide bonds. The minimum Gasteiger partial charge on any atom is -0.454 e. The molecule has 0 radical (unpaired) electrons. The molecule has 6 aromatic carbocycles. The van der Waals surface area contributed by atoms with Crippen molar-refractivity contribution in [2.45, 2.75) is 0 Å². The van der Waals surface area contributed by atoms with E-state index in [9.17, 15) is 0 Å². The fraction of sp³-hybridized carbons (Fsp3) is 0. The summed E-state index contributed by atoms with van der Waals surface area (Å²) in [5.74, 6) is 1.90. The molecule has 0 atom stereocenters. The maximum Gasteiger partial charge on any atom is 0.164 e. The van der Waals surface area contributed by atoms with E-state index in [2.05, 4.69) is 77.8 Å². The molecule has 5 heteroatoms. The Morgan fingerprint density at radius 3 is 1.64 bits per heavy atom. The Kier molecular flexibility index (Phi) is 5.74.